The van der Waals surface area contributed by atoms with Crippen LogP contribution in [-0.2, 0) is 10.0 Å². The van der Waals surface area contributed by atoms with Crippen LogP contribution in [0, 0.1) is 0 Å². The molecule has 0 aliphatic heterocycles. The van der Waals surface area contributed by atoms with E-state index in [4.69, 9.17) is 10.5 Å². The number of sulfonamides is 1. The number of nitrogens with one attached hydrogen (secondary N) is 1. The number of anilines is 1. The minimum atomic E-state index is -3.94. The van der Waals surface area contributed by atoms with E-state index in [1.165, 1.54) is 6.07 Å². The van der Waals surface area contributed by atoms with Crippen molar-refractivity contribution in [1.82, 2.24) is 0 Å². The monoisotopic (exact) mass is 364 g/mol. The molecule has 2 aromatic carbocycles. The molecule has 0 saturated carbocycles. The number of hydrogen-bond donors (Lipinski definition) is 3. The number of aromatic hydroxyl groups is 1. The van der Waals surface area contributed by atoms with Gasteiger partial charge in [-0.1, -0.05) is 0 Å². The maximum absolute atomic E-state index is 12.4. The number of carbonyl (C=O) groups is 1. The van der Waals surface area contributed by atoms with E-state index in [2.05, 4.69) is 4.72 Å². The highest BCUT2D eigenvalue weighted by Crippen LogP contribution is 2.25. The van der Waals surface area contributed by atoms with Crippen molar-refractivity contribution >= 4 is 21.6 Å². The van der Waals surface area contributed by atoms with Crippen LogP contribution in [0.1, 0.15) is 31.1 Å². The number of primary amides is 1. The van der Waals surface area contributed by atoms with Crippen molar-refractivity contribution in [2.75, 3.05) is 4.72 Å². The van der Waals surface area contributed by atoms with E-state index in [0.717, 1.165) is 12.1 Å². The van der Waals surface area contributed by atoms with Crippen LogP contribution in [0.5, 0.6) is 11.5 Å². The lowest BCUT2D eigenvalue weighted by atomic mass is 10.2. The molecule has 0 bridgehead atoms. The zero-order valence-corrected chi connectivity index (χ0v) is 14.9. The molecular formula is C17H20N2O5S. The Morgan fingerprint density at radius 3 is 2.24 bits per heavy atom. The van der Waals surface area contributed by atoms with Gasteiger partial charge >= 0.3 is 0 Å². The summed E-state index contributed by atoms with van der Waals surface area (Å²) in [6.07, 6.45) is 0. The Hall–Kier alpha value is -2.74. The Morgan fingerprint density at radius 1 is 1.12 bits per heavy atom. The molecule has 0 radical (unpaired) electrons. The van der Waals surface area contributed by atoms with Crippen LogP contribution in [0.15, 0.2) is 47.4 Å². The van der Waals surface area contributed by atoms with Gasteiger partial charge in [-0.3, -0.25) is 9.52 Å². The third kappa shape index (κ3) is 4.87. The van der Waals surface area contributed by atoms with Crippen molar-refractivity contribution in [3.05, 3.63) is 48.0 Å². The summed E-state index contributed by atoms with van der Waals surface area (Å²) >= 11 is 0. The first-order chi connectivity index (χ1) is 11.5. The zero-order valence-electron chi connectivity index (χ0n) is 14.1. The van der Waals surface area contributed by atoms with Gasteiger partial charge in [0.15, 0.2) is 0 Å². The van der Waals surface area contributed by atoms with E-state index < -0.39 is 15.9 Å². The first kappa shape index (κ1) is 18.6. The van der Waals surface area contributed by atoms with Crippen molar-refractivity contribution in [3.8, 4) is 11.5 Å². The third-order valence-electron chi connectivity index (χ3n) is 3.07. The van der Waals surface area contributed by atoms with E-state index in [-0.39, 0.29) is 21.8 Å². The normalized spacial score (nSPS) is 11.8. The minimum absolute atomic E-state index is 0.186. The van der Waals surface area contributed by atoms with Gasteiger partial charge in [0.1, 0.15) is 17.1 Å². The molecule has 4 N–H and O–H groups in total. The van der Waals surface area contributed by atoms with Gasteiger partial charge in [-0.05, 0) is 63.2 Å². The summed E-state index contributed by atoms with van der Waals surface area (Å²) in [5.41, 5.74) is 4.82. The lowest BCUT2D eigenvalue weighted by Crippen LogP contribution is -2.22. The number of rotatable bonds is 5. The standard InChI is InChI=1S/C17H20N2O5S/c1-17(2,3)24-12-6-4-11(5-7-12)19-25(22,23)13-8-9-15(20)14(10-13)16(18)21/h4-10,19-20H,1-3H3,(H2,18,21). The molecule has 0 atom stereocenters. The number of nitrogens with two attached hydrogens (primary N) is 1. The van der Waals surface area contributed by atoms with Gasteiger partial charge in [-0.2, -0.15) is 0 Å². The summed E-state index contributed by atoms with van der Waals surface area (Å²) in [7, 11) is -3.94. The summed E-state index contributed by atoms with van der Waals surface area (Å²) < 4.78 is 32.9. The predicted octanol–water partition coefficient (Wildman–Crippen LogP) is 2.47. The van der Waals surface area contributed by atoms with Gasteiger partial charge in [0.05, 0.1) is 10.5 Å². The molecule has 8 heteroatoms. The topological polar surface area (TPSA) is 119 Å². The van der Waals surface area contributed by atoms with Crippen molar-refractivity contribution in [2.24, 2.45) is 5.73 Å². The molecule has 0 aliphatic carbocycles. The molecule has 0 fully saturated rings. The molecule has 0 unspecified atom stereocenters. The van der Waals surface area contributed by atoms with Crippen molar-refractivity contribution < 1.29 is 23.1 Å². The van der Waals surface area contributed by atoms with Crippen molar-refractivity contribution in [2.45, 2.75) is 31.3 Å². The number of carbonyl (C=O) groups excluding carboxylic acids is 1. The first-order valence-electron chi connectivity index (χ1n) is 7.43. The van der Waals surface area contributed by atoms with Crippen LogP contribution < -0.4 is 15.2 Å². The summed E-state index contributed by atoms with van der Waals surface area (Å²) in [4.78, 5) is 11.1. The van der Waals surface area contributed by atoms with Gasteiger partial charge in [-0.15, -0.1) is 0 Å². The summed E-state index contributed by atoms with van der Waals surface area (Å²) in [6, 6.07) is 9.73. The highest BCUT2D eigenvalue weighted by Gasteiger charge is 2.18. The van der Waals surface area contributed by atoms with E-state index >= 15 is 0 Å². The molecule has 25 heavy (non-hydrogen) atoms. The van der Waals surface area contributed by atoms with Gasteiger partial charge < -0.3 is 15.6 Å². The predicted molar refractivity (Wildman–Crippen MR) is 94.3 cm³/mol. The lowest BCUT2D eigenvalue weighted by molar-refractivity contribution is 0.0997. The maximum Gasteiger partial charge on any atom is 0.261 e. The minimum Gasteiger partial charge on any atom is -0.507 e. The molecule has 1 amide bonds. The quantitative estimate of drug-likeness (QED) is 0.753. The fraction of sp³-hybridized carbons (Fsp3) is 0.235. The maximum atomic E-state index is 12.4. The van der Waals surface area contributed by atoms with Gasteiger partial charge in [-0.25, -0.2) is 8.42 Å². The number of hydrogen-bond acceptors (Lipinski definition) is 5. The molecule has 0 aromatic heterocycles. The molecular weight excluding hydrogens is 344 g/mol. The van der Waals surface area contributed by atoms with Crippen LogP contribution in [0.4, 0.5) is 5.69 Å². The molecule has 7 nitrogen and oxygen atoms in total. The summed E-state index contributed by atoms with van der Waals surface area (Å²) in [5, 5.41) is 9.55. The largest absolute Gasteiger partial charge is 0.507 e. The molecule has 134 valence electrons. The van der Waals surface area contributed by atoms with Crippen LogP contribution in [0.25, 0.3) is 0 Å². The molecule has 0 spiro atoms. The molecule has 0 saturated heterocycles. The number of phenols is 1. The highest BCUT2D eigenvalue weighted by molar-refractivity contribution is 7.92. The summed E-state index contributed by atoms with van der Waals surface area (Å²) in [6.45, 7) is 5.72. The number of amides is 1. The average molecular weight is 364 g/mol. The Morgan fingerprint density at radius 2 is 1.72 bits per heavy atom. The Balaban J connectivity index is 2.24. The smallest absolute Gasteiger partial charge is 0.261 e. The Bertz CT molecular complexity index is 884. The first-order valence-corrected chi connectivity index (χ1v) is 8.91. The van der Waals surface area contributed by atoms with E-state index in [0.29, 0.717) is 11.4 Å². The van der Waals surface area contributed by atoms with Gasteiger partial charge in [0.25, 0.3) is 15.9 Å². The average Bonchev–Trinajstić information content (AvgIpc) is 2.47. The lowest BCUT2D eigenvalue weighted by Gasteiger charge is -2.21. The van der Waals surface area contributed by atoms with Gasteiger partial charge in [0, 0.05) is 5.69 Å². The van der Waals surface area contributed by atoms with E-state index in [9.17, 15) is 18.3 Å². The van der Waals surface area contributed by atoms with Crippen LogP contribution in [0.2, 0.25) is 0 Å². The molecule has 2 rings (SSSR count). The third-order valence-corrected chi connectivity index (χ3v) is 4.45. The van der Waals surface area contributed by atoms with Gasteiger partial charge in [0.2, 0.25) is 0 Å². The van der Waals surface area contributed by atoms with Crippen molar-refractivity contribution in [3.63, 3.8) is 0 Å². The molecule has 0 aliphatic rings. The van der Waals surface area contributed by atoms with Crippen LogP contribution >= 0.6 is 0 Å². The Kier molecular flexibility index (Phi) is 4.94. The van der Waals surface area contributed by atoms with E-state index in [1.807, 2.05) is 20.8 Å². The summed E-state index contributed by atoms with van der Waals surface area (Å²) in [5.74, 6) is -0.690. The second-order valence-electron chi connectivity index (χ2n) is 6.39. The van der Waals surface area contributed by atoms with Crippen LogP contribution in [-0.4, -0.2) is 25.0 Å². The second kappa shape index (κ2) is 6.64. The highest BCUT2D eigenvalue weighted by atomic mass is 32.2. The fourth-order valence-corrected chi connectivity index (χ4v) is 3.12. The van der Waals surface area contributed by atoms with Crippen LogP contribution in [0.3, 0.4) is 0 Å². The second-order valence-corrected chi connectivity index (χ2v) is 8.07. The molecule has 0 heterocycles. The number of ether oxygens (including phenoxy) is 1. The zero-order chi connectivity index (χ0) is 18.8. The Labute approximate surface area is 146 Å². The fourth-order valence-electron chi connectivity index (χ4n) is 2.04. The number of benzene rings is 2. The SMILES string of the molecule is CC(C)(C)Oc1ccc(NS(=O)(=O)c2ccc(O)c(C(N)=O)c2)cc1. The molecule has 2 aromatic rings. The van der Waals surface area contributed by atoms with E-state index in [1.54, 1.807) is 24.3 Å². The van der Waals surface area contributed by atoms with Crippen molar-refractivity contribution in [1.29, 1.82) is 0 Å².